The molecule has 6 heteroatoms. The Morgan fingerprint density at radius 1 is 1.21 bits per heavy atom. The number of likely N-dealkylation sites (N-methyl/N-ethyl adjacent to an activating group) is 1. The lowest BCUT2D eigenvalue weighted by Crippen LogP contribution is -2.42. The number of aliphatic imine (C=N–C) groups is 1. The number of benzene rings is 1. The zero-order valence-corrected chi connectivity index (χ0v) is 18.7. The van der Waals surface area contributed by atoms with Gasteiger partial charge >= 0.3 is 0 Å². The van der Waals surface area contributed by atoms with Crippen LogP contribution in [0.25, 0.3) is 0 Å². The first-order chi connectivity index (χ1) is 13.1. The third-order valence-corrected chi connectivity index (χ3v) is 4.43. The molecule has 0 aliphatic rings. The van der Waals surface area contributed by atoms with Gasteiger partial charge in [-0.1, -0.05) is 32.9 Å². The van der Waals surface area contributed by atoms with Crippen molar-refractivity contribution in [3.63, 3.8) is 0 Å². The van der Waals surface area contributed by atoms with E-state index in [2.05, 4.69) is 48.6 Å². The van der Waals surface area contributed by atoms with Gasteiger partial charge in [0.15, 0.2) is 5.96 Å². The van der Waals surface area contributed by atoms with Crippen LogP contribution in [0.2, 0.25) is 0 Å². The van der Waals surface area contributed by atoms with E-state index in [4.69, 9.17) is 0 Å². The van der Waals surface area contributed by atoms with E-state index in [-0.39, 0.29) is 5.91 Å². The van der Waals surface area contributed by atoms with Crippen molar-refractivity contribution in [3.8, 4) is 0 Å². The molecule has 0 radical (unpaired) electrons. The summed E-state index contributed by atoms with van der Waals surface area (Å²) in [4.78, 5) is 18.6. The van der Waals surface area contributed by atoms with Crippen LogP contribution in [-0.2, 0) is 6.54 Å². The van der Waals surface area contributed by atoms with Gasteiger partial charge in [0.1, 0.15) is 0 Å². The first-order valence-electron chi connectivity index (χ1n) is 10.1. The van der Waals surface area contributed by atoms with Crippen LogP contribution in [0, 0.1) is 5.41 Å². The predicted molar refractivity (Wildman–Crippen MR) is 119 cm³/mol. The topological polar surface area (TPSA) is 68.8 Å². The maximum atomic E-state index is 12.3. The summed E-state index contributed by atoms with van der Waals surface area (Å²) < 4.78 is 0. The molecule has 0 heterocycles. The van der Waals surface area contributed by atoms with Crippen molar-refractivity contribution in [3.05, 3.63) is 35.4 Å². The lowest BCUT2D eigenvalue weighted by Gasteiger charge is -2.23. The van der Waals surface area contributed by atoms with Gasteiger partial charge in [0.2, 0.25) is 0 Å². The third kappa shape index (κ3) is 10.3. The molecule has 1 aromatic rings. The molecule has 0 bridgehead atoms. The van der Waals surface area contributed by atoms with Gasteiger partial charge in [-0.25, -0.2) is 0 Å². The molecule has 1 unspecified atom stereocenters. The van der Waals surface area contributed by atoms with Crippen LogP contribution in [0.5, 0.6) is 0 Å². The standard InChI is InChI=1S/C22H39N5O/c1-17(11-12-22(2,3)4)26-21(23-5)25-16-18-9-8-10-19(15-18)20(28)24-13-14-27(6)7/h8-10,15,17H,11-14,16H2,1-7H3,(H,24,28)(H2,23,25,26). The fraction of sp³-hybridized carbons (Fsp3) is 0.636. The lowest BCUT2D eigenvalue weighted by molar-refractivity contribution is 0.0951. The zero-order valence-electron chi connectivity index (χ0n) is 18.7. The third-order valence-electron chi connectivity index (χ3n) is 4.43. The molecule has 28 heavy (non-hydrogen) atoms. The summed E-state index contributed by atoms with van der Waals surface area (Å²) in [5.41, 5.74) is 2.06. The molecular weight excluding hydrogens is 350 g/mol. The number of hydrogen-bond acceptors (Lipinski definition) is 3. The number of carbonyl (C=O) groups excluding carboxylic acids is 1. The molecule has 6 nitrogen and oxygen atoms in total. The molecule has 0 saturated heterocycles. The summed E-state index contributed by atoms with van der Waals surface area (Å²) in [7, 11) is 5.76. The Morgan fingerprint density at radius 2 is 1.93 bits per heavy atom. The van der Waals surface area contributed by atoms with Crippen LogP contribution in [0.3, 0.4) is 0 Å². The van der Waals surface area contributed by atoms with E-state index in [1.807, 2.05) is 43.3 Å². The molecule has 3 N–H and O–H groups in total. The van der Waals surface area contributed by atoms with Gasteiger partial charge in [-0.15, -0.1) is 0 Å². The van der Waals surface area contributed by atoms with E-state index in [1.54, 1.807) is 7.05 Å². The molecule has 0 aliphatic carbocycles. The average molecular weight is 390 g/mol. The first-order valence-corrected chi connectivity index (χ1v) is 10.1. The molecule has 0 aromatic heterocycles. The van der Waals surface area contributed by atoms with Gasteiger partial charge in [0.25, 0.3) is 5.91 Å². The normalized spacial score (nSPS) is 13.4. The molecule has 0 fully saturated rings. The van der Waals surface area contributed by atoms with E-state index >= 15 is 0 Å². The molecule has 1 aromatic carbocycles. The lowest BCUT2D eigenvalue weighted by atomic mass is 9.89. The second-order valence-corrected chi connectivity index (χ2v) is 8.83. The van der Waals surface area contributed by atoms with Crippen LogP contribution >= 0.6 is 0 Å². The largest absolute Gasteiger partial charge is 0.354 e. The minimum atomic E-state index is -0.0398. The maximum Gasteiger partial charge on any atom is 0.251 e. The van der Waals surface area contributed by atoms with E-state index in [0.717, 1.165) is 30.9 Å². The SMILES string of the molecule is CN=C(NCc1cccc(C(=O)NCCN(C)C)c1)NC(C)CCC(C)(C)C. The number of nitrogens with one attached hydrogen (secondary N) is 3. The van der Waals surface area contributed by atoms with Gasteiger partial charge in [-0.2, -0.15) is 0 Å². The van der Waals surface area contributed by atoms with E-state index in [9.17, 15) is 4.79 Å². The van der Waals surface area contributed by atoms with E-state index in [0.29, 0.717) is 30.1 Å². The van der Waals surface area contributed by atoms with Gasteiger partial charge < -0.3 is 20.9 Å². The molecule has 1 atom stereocenters. The summed E-state index contributed by atoms with van der Waals surface area (Å²) >= 11 is 0. The summed E-state index contributed by atoms with van der Waals surface area (Å²) in [6, 6.07) is 8.05. The van der Waals surface area contributed by atoms with Gasteiger partial charge in [0.05, 0.1) is 0 Å². The number of hydrogen-bond donors (Lipinski definition) is 3. The Bertz CT molecular complexity index is 634. The van der Waals surface area contributed by atoms with E-state index in [1.165, 1.54) is 0 Å². The summed E-state index contributed by atoms with van der Waals surface area (Å²) in [5.74, 6) is 0.740. The molecule has 0 spiro atoms. The number of guanidine groups is 1. The highest BCUT2D eigenvalue weighted by Crippen LogP contribution is 2.21. The van der Waals surface area contributed by atoms with Crippen LogP contribution in [0.1, 0.15) is 56.5 Å². The number of carbonyl (C=O) groups is 1. The molecular formula is C22H39N5O. The highest BCUT2D eigenvalue weighted by molar-refractivity contribution is 5.94. The number of amides is 1. The Kier molecular flexibility index (Phi) is 10.0. The van der Waals surface area contributed by atoms with Gasteiger partial charge in [0, 0.05) is 38.3 Å². The quantitative estimate of drug-likeness (QED) is 0.449. The van der Waals surface area contributed by atoms with Crippen molar-refractivity contribution in [1.29, 1.82) is 0 Å². The van der Waals surface area contributed by atoms with Crippen molar-refractivity contribution in [2.75, 3.05) is 34.2 Å². The second-order valence-electron chi connectivity index (χ2n) is 8.83. The highest BCUT2D eigenvalue weighted by Gasteiger charge is 2.13. The van der Waals surface area contributed by atoms with Crippen LogP contribution in [0.4, 0.5) is 0 Å². The first kappa shape index (κ1) is 24.0. The fourth-order valence-electron chi connectivity index (χ4n) is 2.65. The number of rotatable bonds is 9. The van der Waals surface area contributed by atoms with Crippen molar-refractivity contribution >= 4 is 11.9 Å². The monoisotopic (exact) mass is 389 g/mol. The molecule has 158 valence electrons. The van der Waals surface area contributed by atoms with Crippen LogP contribution in [-0.4, -0.2) is 57.0 Å². The molecule has 1 amide bonds. The summed E-state index contributed by atoms with van der Waals surface area (Å²) in [6.07, 6.45) is 2.25. The Balaban J connectivity index is 2.53. The van der Waals surface area contributed by atoms with Crippen LogP contribution < -0.4 is 16.0 Å². The smallest absolute Gasteiger partial charge is 0.251 e. The average Bonchev–Trinajstić information content (AvgIpc) is 2.62. The number of nitrogens with zero attached hydrogens (tertiary/aromatic N) is 2. The molecule has 1 rings (SSSR count). The predicted octanol–water partition coefficient (Wildman–Crippen LogP) is 2.86. The fourth-order valence-corrected chi connectivity index (χ4v) is 2.65. The van der Waals surface area contributed by atoms with Gasteiger partial charge in [-0.05, 0) is 57.0 Å². The van der Waals surface area contributed by atoms with Crippen molar-refractivity contribution in [2.24, 2.45) is 10.4 Å². The highest BCUT2D eigenvalue weighted by atomic mass is 16.1. The Labute approximate surface area is 171 Å². The molecule has 0 saturated carbocycles. The summed E-state index contributed by atoms with van der Waals surface area (Å²) in [6.45, 7) is 11.0. The minimum Gasteiger partial charge on any atom is -0.354 e. The molecule has 0 aliphatic heterocycles. The van der Waals surface area contributed by atoms with Crippen molar-refractivity contribution < 1.29 is 4.79 Å². The Morgan fingerprint density at radius 3 is 2.54 bits per heavy atom. The summed E-state index contributed by atoms with van der Waals surface area (Å²) in [5, 5.41) is 9.73. The van der Waals surface area contributed by atoms with Crippen molar-refractivity contribution in [1.82, 2.24) is 20.9 Å². The second kappa shape index (κ2) is 11.7. The Hall–Kier alpha value is -2.08. The van der Waals surface area contributed by atoms with E-state index < -0.39 is 0 Å². The zero-order chi connectivity index (χ0) is 21.2. The maximum absolute atomic E-state index is 12.3. The van der Waals surface area contributed by atoms with Crippen LogP contribution in [0.15, 0.2) is 29.3 Å². The minimum absolute atomic E-state index is 0.0398. The van der Waals surface area contributed by atoms with Crippen molar-refractivity contribution in [2.45, 2.75) is 53.1 Å². The van der Waals surface area contributed by atoms with Gasteiger partial charge in [-0.3, -0.25) is 9.79 Å².